The lowest BCUT2D eigenvalue weighted by Gasteiger charge is -2.04. The molecule has 0 unspecified atom stereocenters. The second-order valence-electron chi connectivity index (χ2n) is 2.64. The van der Waals surface area contributed by atoms with E-state index in [1.165, 1.54) is 0 Å². The van der Waals surface area contributed by atoms with E-state index in [1.807, 2.05) is 0 Å². The first kappa shape index (κ1) is 8.79. The largest absolute Gasteiger partial charge is 0.417 e. The molecular formula is C7H4F3N3O. The van der Waals surface area contributed by atoms with E-state index in [0.29, 0.717) is 6.20 Å². The van der Waals surface area contributed by atoms with Gasteiger partial charge in [0, 0.05) is 6.20 Å². The highest BCUT2D eigenvalue weighted by molar-refractivity contribution is 5.84. The van der Waals surface area contributed by atoms with Gasteiger partial charge < -0.3 is 10.3 Å². The van der Waals surface area contributed by atoms with Crippen LogP contribution in [0.3, 0.4) is 0 Å². The van der Waals surface area contributed by atoms with E-state index >= 15 is 0 Å². The number of rotatable bonds is 0. The van der Waals surface area contributed by atoms with Crippen LogP contribution in [0, 0.1) is 0 Å². The number of alkyl halides is 3. The van der Waals surface area contributed by atoms with Gasteiger partial charge in [0.15, 0.2) is 5.82 Å². The third-order valence-corrected chi connectivity index (χ3v) is 1.68. The monoisotopic (exact) mass is 203 g/mol. The molecule has 0 aliphatic rings. The maximum Gasteiger partial charge on any atom is 0.417 e. The summed E-state index contributed by atoms with van der Waals surface area (Å²) in [5.41, 5.74) is 4.40. The summed E-state index contributed by atoms with van der Waals surface area (Å²) in [6.45, 7) is 0. The summed E-state index contributed by atoms with van der Waals surface area (Å²) >= 11 is 0. The van der Waals surface area contributed by atoms with Gasteiger partial charge in [-0.05, 0) is 6.07 Å². The van der Waals surface area contributed by atoms with Crippen LogP contribution in [0.1, 0.15) is 5.56 Å². The number of pyridine rings is 1. The topological polar surface area (TPSA) is 64.9 Å². The standard InChI is InChI=1S/C7H4F3N3O/c8-7(9,10)3-1-4-5(11)13-14-6(4)12-2-3/h1-2H,(H2,11,13). The van der Waals surface area contributed by atoms with Crippen LogP contribution in [0.25, 0.3) is 11.1 Å². The van der Waals surface area contributed by atoms with Gasteiger partial charge in [0.05, 0.1) is 10.9 Å². The number of nitrogen functional groups attached to an aromatic ring is 1. The summed E-state index contributed by atoms with van der Waals surface area (Å²) in [5.74, 6) is -0.0985. The Balaban J connectivity index is 2.66. The van der Waals surface area contributed by atoms with Crippen molar-refractivity contribution in [2.24, 2.45) is 0 Å². The van der Waals surface area contributed by atoms with Crippen molar-refractivity contribution < 1.29 is 17.7 Å². The molecule has 2 rings (SSSR count). The van der Waals surface area contributed by atoms with Crippen molar-refractivity contribution in [3.63, 3.8) is 0 Å². The first-order valence-electron chi connectivity index (χ1n) is 3.56. The number of hydrogen-bond acceptors (Lipinski definition) is 4. The van der Waals surface area contributed by atoms with E-state index in [2.05, 4.69) is 14.7 Å². The number of nitrogens with zero attached hydrogens (tertiary/aromatic N) is 2. The van der Waals surface area contributed by atoms with Gasteiger partial charge in [0.1, 0.15) is 0 Å². The number of anilines is 1. The summed E-state index contributed by atoms with van der Waals surface area (Å²) < 4.78 is 41.2. The third kappa shape index (κ3) is 1.26. The second kappa shape index (κ2) is 2.60. The highest BCUT2D eigenvalue weighted by atomic mass is 19.4. The van der Waals surface area contributed by atoms with Gasteiger partial charge in [0.2, 0.25) is 0 Å². The Bertz CT molecular complexity index is 476. The van der Waals surface area contributed by atoms with Crippen LogP contribution in [0.5, 0.6) is 0 Å². The van der Waals surface area contributed by atoms with Gasteiger partial charge in [-0.1, -0.05) is 5.16 Å². The molecule has 0 saturated carbocycles. The molecule has 0 bridgehead atoms. The molecule has 0 fully saturated rings. The van der Waals surface area contributed by atoms with E-state index in [0.717, 1.165) is 6.07 Å². The zero-order chi connectivity index (χ0) is 10.3. The van der Waals surface area contributed by atoms with E-state index in [1.54, 1.807) is 0 Å². The molecule has 2 N–H and O–H groups in total. The van der Waals surface area contributed by atoms with Crippen molar-refractivity contribution in [2.75, 3.05) is 5.73 Å². The normalized spacial score (nSPS) is 12.2. The maximum absolute atomic E-state index is 12.2. The minimum atomic E-state index is -4.44. The van der Waals surface area contributed by atoms with Gasteiger partial charge in [-0.25, -0.2) is 4.98 Å². The molecule has 2 aromatic heterocycles. The van der Waals surface area contributed by atoms with Crippen molar-refractivity contribution >= 4 is 16.9 Å². The van der Waals surface area contributed by atoms with Crippen molar-refractivity contribution in [3.8, 4) is 0 Å². The molecule has 4 nitrogen and oxygen atoms in total. The van der Waals surface area contributed by atoms with Crippen LogP contribution >= 0.6 is 0 Å². The lowest BCUT2D eigenvalue weighted by molar-refractivity contribution is -0.137. The quantitative estimate of drug-likeness (QED) is 0.709. The second-order valence-corrected chi connectivity index (χ2v) is 2.64. The molecule has 0 radical (unpaired) electrons. The summed E-state index contributed by atoms with van der Waals surface area (Å²) in [6.07, 6.45) is -3.77. The number of nitrogens with two attached hydrogens (primary N) is 1. The molecule has 0 amide bonds. The Hall–Kier alpha value is -1.79. The van der Waals surface area contributed by atoms with E-state index < -0.39 is 11.7 Å². The molecule has 0 saturated heterocycles. The number of fused-ring (bicyclic) bond motifs is 1. The van der Waals surface area contributed by atoms with Gasteiger partial charge >= 0.3 is 6.18 Å². The van der Waals surface area contributed by atoms with Crippen molar-refractivity contribution in [3.05, 3.63) is 17.8 Å². The summed E-state index contributed by atoms with van der Waals surface area (Å²) in [5, 5.41) is 3.36. The minimum Gasteiger partial charge on any atom is -0.380 e. The number of halogens is 3. The van der Waals surface area contributed by atoms with Crippen molar-refractivity contribution in [1.29, 1.82) is 0 Å². The predicted octanol–water partition coefficient (Wildman–Crippen LogP) is 1.82. The molecule has 0 aliphatic carbocycles. The fraction of sp³-hybridized carbons (Fsp3) is 0.143. The molecular weight excluding hydrogens is 199 g/mol. The van der Waals surface area contributed by atoms with Crippen LogP contribution < -0.4 is 5.73 Å². The molecule has 0 spiro atoms. The fourth-order valence-corrected chi connectivity index (χ4v) is 1.01. The van der Waals surface area contributed by atoms with Crippen LogP contribution in [-0.2, 0) is 6.18 Å². The summed E-state index contributed by atoms with van der Waals surface area (Å²) in [4.78, 5) is 3.44. The molecule has 2 heterocycles. The average Bonchev–Trinajstić information content (AvgIpc) is 2.46. The van der Waals surface area contributed by atoms with Gasteiger partial charge in [-0.3, -0.25) is 0 Å². The first-order chi connectivity index (χ1) is 6.48. The summed E-state index contributed by atoms with van der Waals surface area (Å²) in [7, 11) is 0. The molecule has 7 heteroatoms. The van der Waals surface area contributed by atoms with E-state index in [4.69, 9.17) is 5.73 Å². The SMILES string of the molecule is Nc1noc2ncc(C(F)(F)F)cc12. The van der Waals surface area contributed by atoms with E-state index in [-0.39, 0.29) is 16.9 Å². The highest BCUT2D eigenvalue weighted by Gasteiger charge is 2.31. The lowest BCUT2D eigenvalue weighted by Crippen LogP contribution is -2.05. The lowest BCUT2D eigenvalue weighted by atomic mass is 10.2. The average molecular weight is 203 g/mol. The molecule has 14 heavy (non-hydrogen) atoms. The smallest absolute Gasteiger partial charge is 0.380 e. The molecule has 2 aromatic rings. The van der Waals surface area contributed by atoms with Gasteiger partial charge in [0.25, 0.3) is 5.71 Å². The maximum atomic E-state index is 12.2. The predicted molar refractivity (Wildman–Crippen MR) is 41.2 cm³/mol. The number of hydrogen-bond donors (Lipinski definition) is 1. The van der Waals surface area contributed by atoms with Crippen LogP contribution in [0.4, 0.5) is 19.0 Å². The Morgan fingerprint density at radius 1 is 1.36 bits per heavy atom. The van der Waals surface area contributed by atoms with Crippen LogP contribution in [-0.4, -0.2) is 10.1 Å². The molecule has 0 aliphatic heterocycles. The van der Waals surface area contributed by atoms with E-state index in [9.17, 15) is 13.2 Å². The molecule has 0 aromatic carbocycles. The Labute approximate surface area is 75.5 Å². The molecule has 0 atom stereocenters. The van der Waals surface area contributed by atoms with Crippen molar-refractivity contribution in [2.45, 2.75) is 6.18 Å². The van der Waals surface area contributed by atoms with Gasteiger partial charge in [-0.2, -0.15) is 13.2 Å². The fourth-order valence-electron chi connectivity index (χ4n) is 1.01. The zero-order valence-electron chi connectivity index (χ0n) is 6.67. The number of aromatic nitrogens is 2. The van der Waals surface area contributed by atoms with Crippen LogP contribution in [0.15, 0.2) is 16.8 Å². The summed E-state index contributed by atoms with van der Waals surface area (Å²) in [6, 6.07) is 0.855. The first-order valence-corrected chi connectivity index (χ1v) is 3.56. The minimum absolute atomic E-state index is 0.00417. The van der Waals surface area contributed by atoms with Crippen molar-refractivity contribution in [1.82, 2.24) is 10.1 Å². The van der Waals surface area contributed by atoms with Gasteiger partial charge in [-0.15, -0.1) is 0 Å². The Morgan fingerprint density at radius 3 is 2.71 bits per heavy atom. The Kier molecular flexibility index (Phi) is 1.63. The molecule has 74 valence electrons. The highest BCUT2D eigenvalue weighted by Crippen LogP contribution is 2.31. The Morgan fingerprint density at radius 2 is 2.07 bits per heavy atom. The zero-order valence-corrected chi connectivity index (χ0v) is 6.67. The third-order valence-electron chi connectivity index (χ3n) is 1.68. The van der Waals surface area contributed by atoms with Crippen LogP contribution in [0.2, 0.25) is 0 Å².